The van der Waals surface area contributed by atoms with Gasteiger partial charge < -0.3 is 9.84 Å². The molecule has 3 nitrogen and oxygen atoms in total. The van der Waals surface area contributed by atoms with Crippen LogP contribution in [-0.4, -0.2) is 17.7 Å². The summed E-state index contributed by atoms with van der Waals surface area (Å²) >= 11 is 3.29. The first-order valence-electron chi connectivity index (χ1n) is 4.40. The third kappa shape index (κ3) is 3.79. The molecule has 1 rings (SSSR count). The lowest BCUT2D eigenvalue weighted by Gasteiger charge is -2.06. The van der Waals surface area contributed by atoms with Crippen LogP contribution in [0.4, 0.5) is 0 Å². The van der Waals surface area contributed by atoms with Crippen molar-refractivity contribution < 1.29 is 14.6 Å². The van der Waals surface area contributed by atoms with Gasteiger partial charge in [0.05, 0.1) is 0 Å². The number of hydrogen-bond acceptors (Lipinski definition) is 2. The van der Waals surface area contributed by atoms with Gasteiger partial charge in [-0.25, -0.2) is 4.79 Å². The highest BCUT2D eigenvalue weighted by Gasteiger charge is 2.01. The quantitative estimate of drug-likeness (QED) is 0.681. The number of carboxylic acid groups (broad SMARTS) is 1. The molecule has 0 unspecified atom stereocenters. The Balaban J connectivity index is 2.99. The van der Waals surface area contributed by atoms with Gasteiger partial charge in [-0.15, -0.1) is 6.42 Å². The van der Waals surface area contributed by atoms with Crippen LogP contribution in [0.2, 0.25) is 0 Å². The topological polar surface area (TPSA) is 46.5 Å². The number of ether oxygens (including phenoxy) is 1. The fourth-order valence-electron chi connectivity index (χ4n) is 1.06. The summed E-state index contributed by atoms with van der Waals surface area (Å²) in [5, 5.41) is 8.54. The third-order valence-electron chi connectivity index (χ3n) is 1.69. The average molecular weight is 281 g/mol. The van der Waals surface area contributed by atoms with E-state index in [0.29, 0.717) is 11.3 Å². The maximum atomic E-state index is 10.4. The van der Waals surface area contributed by atoms with E-state index in [2.05, 4.69) is 21.9 Å². The summed E-state index contributed by atoms with van der Waals surface area (Å²) in [6.07, 6.45) is 7.59. The molecule has 4 heteroatoms. The fraction of sp³-hybridized carbons (Fsp3) is 0.0833. The second kappa shape index (κ2) is 5.99. The van der Waals surface area contributed by atoms with Crippen LogP contribution in [-0.2, 0) is 4.79 Å². The van der Waals surface area contributed by atoms with Crippen LogP contribution in [0, 0.1) is 12.3 Å². The van der Waals surface area contributed by atoms with Gasteiger partial charge in [0.25, 0.3) is 0 Å². The maximum Gasteiger partial charge on any atom is 0.328 e. The predicted molar refractivity (Wildman–Crippen MR) is 65.1 cm³/mol. The molecule has 0 bridgehead atoms. The van der Waals surface area contributed by atoms with Crippen LogP contribution >= 0.6 is 15.9 Å². The third-order valence-corrected chi connectivity index (χ3v) is 2.18. The first-order chi connectivity index (χ1) is 7.63. The second-order valence-electron chi connectivity index (χ2n) is 2.85. The van der Waals surface area contributed by atoms with Crippen LogP contribution in [0.15, 0.2) is 28.7 Å². The minimum atomic E-state index is -1.01. The molecule has 0 fully saturated rings. The van der Waals surface area contributed by atoms with E-state index in [0.717, 1.165) is 10.5 Å². The summed E-state index contributed by atoms with van der Waals surface area (Å²) < 4.78 is 6.11. The summed E-state index contributed by atoms with van der Waals surface area (Å²) in [6.45, 7) is 0.148. The summed E-state index contributed by atoms with van der Waals surface area (Å²) in [5.74, 6) is 1.89. The molecule has 0 saturated heterocycles. The van der Waals surface area contributed by atoms with Gasteiger partial charge in [-0.2, -0.15) is 0 Å². The molecule has 0 atom stereocenters. The van der Waals surface area contributed by atoms with Crippen molar-refractivity contribution >= 4 is 28.0 Å². The predicted octanol–water partition coefficient (Wildman–Crippen LogP) is 2.56. The van der Waals surface area contributed by atoms with Crippen molar-refractivity contribution in [3.05, 3.63) is 34.3 Å². The minimum Gasteiger partial charge on any atom is -0.480 e. The fourth-order valence-corrected chi connectivity index (χ4v) is 1.44. The molecule has 1 aromatic rings. The van der Waals surface area contributed by atoms with E-state index in [-0.39, 0.29) is 6.61 Å². The smallest absolute Gasteiger partial charge is 0.328 e. The minimum absolute atomic E-state index is 0.148. The highest BCUT2D eigenvalue weighted by Crippen LogP contribution is 2.24. The van der Waals surface area contributed by atoms with E-state index < -0.39 is 5.97 Å². The highest BCUT2D eigenvalue weighted by atomic mass is 79.9. The lowest BCUT2D eigenvalue weighted by Crippen LogP contribution is -1.96. The molecule has 0 aliphatic rings. The van der Waals surface area contributed by atoms with Gasteiger partial charge in [-0.1, -0.05) is 21.9 Å². The van der Waals surface area contributed by atoms with Gasteiger partial charge in [0.2, 0.25) is 0 Å². The molecular formula is C12H9BrO3. The molecule has 0 radical (unpaired) electrons. The molecule has 0 aliphatic carbocycles. The SMILES string of the molecule is C#CCOc1ccc(Br)cc1C=CC(=O)O. The monoisotopic (exact) mass is 280 g/mol. The number of rotatable bonds is 4. The van der Waals surface area contributed by atoms with Gasteiger partial charge in [-0.05, 0) is 24.3 Å². The molecule has 0 aliphatic heterocycles. The van der Waals surface area contributed by atoms with Gasteiger partial charge in [0.1, 0.15) is 12.4 Å². The Morgan fingerprint density at radius 1 is 1.62 bits per heavy atom. The molecule has 1 aromatic carbocycles. The van der Waals surface area contributed by atoms with E-state index in [4.69, 9.17) is 16.3 Å². The first kappa shape index (κ1) is 12.3. The van der Waals surface area contributed by atoms with Gasteiger partial charge in [0.15, 0.2) is 0 Å². The Kier molecular flexibility index (Phi) is 4.62. The standard InChI is InChI=1S/C12H9BrO3/c1-2-7-16-11-5-4-10(13)8-9(11)3-6-12(14)15/h1,3-6,8H,7H2,(H,14,15). The van der Waals surface area contributed by atoms with Crippen LogP contribution in [0.25, 0.3) is 6.08 Å². The number of aliphatic carboxylic acids is 1. The van der Waals surface area contributed by atoms with E-state index in [1.54, 1.807) is 18.2 Å². The maximum absolute atomic E-state index is 10.4. The van der Waals surface area contributed by atoms with Crippen molar-refractivity contribution in [2.24, 2.45) is 0 Å². The molecule has 0 heterocycles. The van der Waals surface area contributed by atoms with Crippen LogP contribution in [0.5, 0.6) is 5.75 Å². The number of benzene rings is 1. The van der Waals surface area contributed by atoms with Crippen molar-refractivity contribution in [3.63, 3.8) is 0 Å². The zero-order chi connectivity index (χ0) is 12.0. The van der Waals surface area contributed by atoms with Crippen LogP contribution < -0.4 is 4.74 Å². The Hall–Kier alpha value is -1.73. The molecule has 0 saturated carbocycles. The lowest BCUT2D eigenvalue weighted by atomic mass is 10.2. The number of hydrogen-bond donors (Lipinski definition) is 1. The van der Waals surface area contributed by atoms with Gasteiger partial charge in [-0.3, -0.25) is 0 Å². The zero-order valence-electron chi connectivity index (χ0n) is 8.31. The molecule has 82 valence electrons. The van der Waals surface area contributed by atoms with E-state index >= 15 is 0 Å². The summed E-state index contributed by atoms with van der Waals surface area (Å²) in [4.78, 5) is 10.4. The first-order valence-corrected chi connectivity index (χ1v) is 5.19. The Labute approximate surface area is 102 Å². The lowest BCUT2D eigenvalue weighted by molar-refractivity contribution is -0.131. The van der Waals surface area contributed by atoms with Crippen molar-refractivity contribution in [1.82, 2.24) is 0 Å². The van der Waals surface area contributed by atoms with E-state index in [9.17, 15) is 4.79 Å². The number of carbonyl (C=O) groups is 1. The average Bonchev–Trinajstić information content (AvgIpc) is 2.25. The summed E-state index contributed by atoms with van der Waals surface area (Å²) in [7, 11) is 0. The van der Waals surface area contributed by atoms with Crippen molar-refractivity contribution in [1.29, 1.82) is 0 Å². The number of carboxylic acids is 1. The largest absolute Gasteiger partial charge is 0.480 e. The summed E-state index contributed by atoms with van der Waals surface area (Å²) in [5.41, 5.74) is 0.659. The highest BCUT2D eigenvalue weighted by molar-refractivity contribution is 9.10. The van der Waals surface area contributed by atoms with Crippen molar-refractivity contribution in [3.8, 4) is 18.1 Å². The van der Waals surface area contributed by atoms with Crippen molar-refractivity contribution in [2.45, 2.75) is 0 Å². The molecule has 0 amide bonds. The van der Waals surface area contributed by atoms with Gasteiger partial charge in [0, 0.05) is 16.1 Å². The molecule has 1 N–H and O–H groups in total. The molecule has 16 heavy (non-hydrogen) atoms. The Morgan fingerprint density at radius 2 is 2.38 bits per heavy atom. The van der Waals surface area contributed by atoms with Crippen molar-refractivity contribution in [2.75, 3.05) is 6.61 Å². The normalized spacial score (nSPS) is 10.0. The molecule has 0 spiro atoms. The van der Waals surface area contributed by atoms with Crippen LogP contribution in [0.1, 0.15) is 5.56 Å². The molecule has 0 aromatic heterocycles. The Morgan fingerprint density at radius 3 is 3.00 bits per heavy atom. The number of halogens is 1. The van der Waals surface area contributed by atoms with E-state index in [1.165, 1.54) is 6.08 Å². The molecular weight excluding hydrogens is 272 g/mol. The second-order valence-corrected chi connectivity index (χ2v) is 3.76. The zero-order valence-corrected chi connectivity index (χ0v) is 9.90. The summed E-state index contributed by atoms with van der Waals surface area (Å²) in [6, 6.07) is 5.28. The number of terminal acetylenes is 1. The van der Waals surface area contributed by atoms with Crippen LogP contribution in [0.3, 0.4) is 0 Å². The van der Waals surface area contributed by atoms with E-state index in [1.807, 2.05) is 0 Å². The Bertz CT molecular complexity index is 458. The van der Waals surface area contributed by atoms with Gasteiger partial charge >= 0.3 is 5.97 Å².